The van der Waals surface area contributed by atoms with Gasteiger partial charge in [0.2, 0.25) is 25.1 Å². The van der Waals surface area contributed by atoms with Crippen LogP contribution >= 0.6 is 15.6 Å². The fourth-order valence-electron chi connectivity index (χ4n) is 5.92. The summed E-state index contributed by atoms with van der Waals surface area (Å²) in [5.41, 5.74) is 9.62. The number of anilines is 2. The molecule has 0 spiro atoms. The first-order valence-electron chi connectivity index (χ1n) is 16.5. The zero-order valence-corrected chi connectivity index (χ0v) is 31.9. The molecule has 9 atom stereocenters. The molecule has 0 aliphatic carbocycles. The van der Waals surface area contributed by atoms with E-state index in [1.165, 1.54) is 18.0 Å². The van der Waals surface area contributed by atoms with Crippen LogP contribution in [0.1, 0.15) is 45.1 Å². The summed E-state index contributed by atoms with van der Waals surface area (Å²) in [6.07, 6.45) is -8.71. The third-order valence-corrected chi connectivity index (χ3v) is 11.3. The van der Waals surface area contributed by atoms with Crippen LogP contribution in [0, 0.1) is 5.41 Å². The van der Waals surface area contributed by atoms with Crippen LogP contribution in [0.2, 0.25) is 0 Å². The van der Waals surface area contributed by atoms with Crippen LogP contribution < -0.4 is 22.3 Å². The molecule has 1 saturated heterocycles. The average molecular weight is 835 g/mol. The van der Waals surface area contributed by atoms with Gasteiger partial charge in [0.1, 0.15) is 36.4 Å². The normalized spacial score (nSPS) is 32.2. The second kappa shape index (κ2) is 14.8. The molecular weight excluding hydrogens is 797 g/mol. The molecular formula is C28H37FN10O15P2. The predicted molar refractivity (Wildman–Crippen MR) is 183 cm³/mol. The number of aliphatic hydroxyl groups is 1. The van der Waals surface area contributed by atoms with Gasteiger partial charge >= 0.3 is 21.6 Å². The number of imidazole rings is 2. The van der Waals surface area contributed by atoms with Gasteiger partial charge in [0.05, 0.1) is 24.7 Å². The molecule has 306 valence electrons. The monoisotopic (exact) mass is 834 g/mol. The number of esters is 1. The molecule has 25 nitrogen and oxygen atoms in total. The van der Waals surface area contributed by atoms with Gasteiger partial charge in [-0.15, -0.1) is 0 Å². The number of aromatic nitrogens is 6. The van der Waals surface area contributed by atoms with Crippen molar-refractivity contribution in [2.75, 3.05) is 45.3 Å². The van der Waals surface area contributed by atoms with Crippen molar-refractivity contribution in [2.24, 2.45) is 16.1 Å². The molecule has 4 aliphatic heterocycles. The Morgan fingerprint density at radius 1 is 1.12 bits per heavy atom. The molecule has 7 unspecified atom stereocenters. The number of hydrogen-bond donors (Lipinski definition) is 5. The van der Waals surface area contributed by atoms with E-state index in [4.69, 9.17) is 57.6 Å². The number of phosphoric acid groups is 2. The van der Waals surface area contributed by atoms with Crippen molar-refractivity contribution in [2.45, 2.75) is 63.9 Å². The zero-order chi connectivity index (χ0) is 40.3. The standard InChI is InChI=1S/C28H37FN10O15P2/c1-28(2,3)25(42)47-10-50-56(44)49-6-11-16(13(29)23(51-11)38-8-32-14-19(38)34-26(30)36-21(14)40)53-55(43,46-5)48-7-12-17(45-4)18(54-56)24(52-12)39-9-33-15-20(39)35-27(31)37-22(15)41/h8-9,12-13,17-18,21,23-24,40H,6-7,10H2,1-5H3,(H3,30,34,36)(H3,31,35,37,41)/t12-,13?,17?,18?,21?,23-,24?,55?,56?/m1/s1. The third-order valence-electron chi connectivity index (χ3n) is 8.62. The highest BCUT2D eigenvalue weighted by molar-refractivity contribution is 7.48. The van der Waals surface area contributed by atoms with E-state index in [-0.39, 0.29) is 34.6 Å². The maximum Gasteiger partial charge on any atom is 0.529 e. The molecule has 1 fully saturated rings. The largest absolute Gasteiger partial charge is 0.529 e. The van der Waals surface area contributed by atoms with Gasteiger partial charge in [-0.25, -0.2) is 33.0 Å². The van der Waals surface area contributed by atoms with E-state index < -0.39 is 107 Å². The number of nitrogens with zero attached hydrogens (tertiary/aromatic N) is 6. The van der Waals surface area contributed by atoms with Crippen molar-refractivity contribution >= 4 is 50.5 Å². The summed E-state index contributed by atoms with van der Waals surface area (Å²) in [5, 5.41) is 13.0. The van der Waals surface area contributed by atoms with Crippen LogP contribution in [0.4, 0.5) is 16.2 Å². The minimum absolute atomic E-state index is 0.00613. The fraction of sp³-hybridized carbons (Fsp3) is 0.571. The van der Waals surface area contributed by atoms with Gasteiger partial charge in [0.15, 0.2) is 41.1 Å². The van der Waals surface area contributed by atoms with Gasteiger partial charge in [-0.3, -0.25) is 41.8 Å². The van der Waals surface area contributed by atoms with Crippen LogP contribution in [-0.4, -0.2) is 105 Å². The van der Waals surface area contributed by atoms with Crippen LogP contribution in [0.3, 0.4) is 0 Å². The van der Waals surface area contributed by atoms with E-state index in [1.807, 2.05) is 0 Å². The number of aromatic amines is 1. The Morgan fingerprint density at radius 3 is 2.59 bits per heavy atom. The first-order valence-corrected chi connectivity index (χ1v) is 19.4. The second-order valence-corrected chi connectivity index (χ2v) is 16.7. The number of H-pyrrole nitrogens is 1. The number of halogens is 1. The molecule has 0 aromatic carbocycles. The summed E-state index contributed by atoms with van der Waals surface area (Å²) >= 11 is 0. The molecule has 2 bridgehead atoms. The Hall–Kier alpha value is -4.49. The molecule has 0 saturated carbocycles. The smallest absolute Gasteiger partial charge is 0.465 e. The number of phosphoric ester groups is 2. The number of nitrogens with two attached hydrogens (primary N) is 2. The topological polar surface area (TPSA) is 322 Å². The molecule has 7 heterocycles. The quantitative estimate of drug-likeness (QED) is 0.127. The number of fused-ring (bicyclic) bond motifs is 4. The van der Waals surface area contributed by atoms with Crippen molar-refractivity contribution < 1.29 is 69.5 Å². The van der Waals surface area contributed by atoms with E-state index in [0.717, 1.165) is 18.0 Å². The van der Waals surface area contributed by atoms with Crippen molar-refractivity contribution in [1.82, 2.24) is 29.1 Å². The molecule has 28 heteroatoms. The zero-order valence-electron chi connectivity index (χ0n) is 30.1. The number of nitrogens with one attached hydrogen (secondary N) is 2. The number of guanidine groups is 1. The molecule has 7 rings (SSSR count). The van der Waals surface area contributed by atoms with Gasteiger partial charge < -0.3 is 45.4 Å². The first-order chi connectivity index (χ1) is 26.4. The summed E-state index contributed by atoms with van der Waals surface area (Å²) in [6.45, 7) is 2.11. The number of carbonyl (C=O) groups is 1. The van der Waals surface area contributed by atoms with Crippen molar-refractivity contribution in [3.63, 3.8) is 0 Å². The van der Waals surface area contributed by atoms with Gasteiger partial charge in [-0.1, -0.05) is 0 Å². The third kappa shape index (κ3) is 7.40. The molecule has 3 aromatic rings. The lowest BCUT2D eigenvalue weighted by atomic mass is 9.98. The van der Waals surface area contributed by atoms with E-state index in [1.54, 1.807) is 20.8 Å². The van der Waals surface area contributed by atoms with E-state index in [9.17, 15) is 23.8 Å². The molecule has 0 radical (unpaired) electrons. The molecule has 0 amide bonds. The number of alkyl halides is 1. The van der Waals surface area contributed by atoms with E-state index in [2.05, 4.69) is 30.2 Å². The summed E-state index contributed by atoms with van der Waals surface area (Å²) in [4.78, 5) is 43.6. The molecule has 3 aromatic heterocycles. The lowest BCUT2D eigenvalue weighted by Crippen LogP contribution is -2.37. The number of hydrogen-bond acceptors (Lipinski definition) is 22. The highest BCUT2D eigenvalue weighted by Gasteiger charge is 2.54. The summed E-state index contributed by atoms with van der Waals surface area (Å²) in [7, 11) is -7.60. The van der Waals surface area contributed by atoms with Crippen LogP contribution in [0.25, 0.3) is 11.2 Å². The SMILES string of the molecule is COC1C2OP(=O)(OCOC(=O)C(C)(C)C)OCC3=C(OP(=O)(OC)OC[C@H]1OC2n1cnc2c(=O)[nH]c(N)nc21)C(F)[C@H](n1cnc2c1NC(N)=NC2O)O3. The lowest BCUT2D eigenvalue weighted by Gasteiger charge is -2.28. The minimum atomic E-state index is -5.04. The van der Waals surface area contributed by atoms with Gasteiger partial charge in [0, 0.05) is 14.2 Å². The maximum absolute atomic E-state index is 16.5. The van der Waals surface area contributed by atoms with Crippen LogP contribution in [-0.2, 0) is 60.0 Å². The highest BCUT2D eigenvalue weighted by atomic mass is 31.2. The number of nitrogen functional groups attached to an aromatic ring is 1. The van der Waals surface area contributed by atoms with Crippen molar-refractivity contribution in [3.8, 4) is 0 Å². The minimum Gasteiger partial charge on any atom is -0.465 e. The summed E-state index contributed by atoms with van der Waals surface area (Å²) < 4.78 is 104. The summed E-state index contributed by atoms with van der Waals surface area (Å²) in [6, 6.07) is 0. The summed E-state index contributed by atoms with van der Waals surface area (Å²) in [5.74, 6) is -2.56. The maximum atomic E-state index is 16.5. The molecule has 56 heavy (non-hydrogen) atoms. The lowest BCUT2D eigenvalue weighted by molar-refractivity contribution is -0.161. The van der Waals surface area contributed by atoms with Crippen molar-refractivity contribution in [1.29, 1.82) is 0 Å². The van der Waals surface area contributed by atoms with E-state index in [0.29, 0.717) is 0 Å². The Morgan fingerprint density at radius 2 is 1.88 bits per heavy atom. The van der Waals surface area contributed by atoms with Gasteiger partial charge in [0.25, 0.3) is 5.56 Å². The average Bonchev–Trinajstić information content (AvgIpc) is 3.89. The number of aliphatic hydroxyl groups excluding tert-OH is 1. The Labute approximate surface area is 314 Å². The highest BCUT2D eigenvalue weighted by Crippen LogP contribution is 2.58. The number of rotatable bonds is 7. The number of methoxy groups -OCH3 is 1. The fourth-order valence-corrected chi connectivity index (χ4v) is 8.11. The van der Waals surface area contributed by atoms with Gasteiger partial charge in [-0.05, 0) is 20.8 Å². The second-order valence-electron chi connectivity index (χ2n) is 13.4. The van der Waals surface area contributed by atoms with E-state index >= 15 is 4.39 Å². The number of carbonyl (C=O) groups excluding carboxylic acids is 1. The van der Waals surface area contributed by atoms with Crippen LogP contribution in [0.5, 0.6) is 0 Å². The number of aliphatic imine (C=N–C) groups is 1. The Kier molecular flexibility index (Phi) is 10.5. The van der Waals surface area contributed by atoms with Crippen LogP contribution in [0.15, 0.2) is 34.0 Å². The Bertz CT molecular complexity index is 2240. The first kappa shape index (κ1) is 39.7. The molecule has 4 aliphatic rings. The van der Waals surface area contributed by atoms with Crippen molar-refractivity contribution in [3.05, 3.63) is 40.2 Å². The number of ether oxygens (including phenoxy) is 4. The Balaban J connectivity index is 1.27. The van der Waals surface area contributed by atoms with Gasteiger partial charge in [-0.2, -0.15) is 4.98 Å². The predicted octanol–water partition coefficient (Wildman–Crippen LogP) is 1.20. The molecule has 7 N–H and O–H groups in total.